The monoisotopic (exact) mass is 264 g/mol. The van der Waals surface area contributed by atoms with Gasteiger partial charge in [-0.15, -0.1) is 11.3 Å². The summed E-state index contributed by atoms with van der Waals surface area (Å²) in [6.45, 7) is 6.75. The maximum Gasteiger partial charge on any atom is 0.113 e. The third-order valence-corrected chi connectivity index (χ3v) is 5.77. The quantitative estimate of drug-likeness (QED) is 0.895. The van der Waals surface area contributed by atoms with Crippen molar-refractivity contribution >= 4 is 11.3 Å². The van der Waals surface area contributed by atoms with Gasteiger partial charge in [0.25, 0.3) is 0 Å². The highest BCUT2D eigenvalue weighted by Crippen LogP contribution is 2.43. The lowest BCUT2D eigenvalue weighted by Crippen LogP contribution is -2.46. The van der Waals surface area contributed by atoms with Crippen LogP contribution in [0.2, 0.25) is 0 Å². The number of hydrogen-bond acceptors (Lipinski definition) is 3. The maximum absolute atomic E-state index is 4.88. The summed E-state index contributed by atoms with van der Waals surface area (Å²) in [4.78, 5) is 6.27. The van der Waals surface area contributed by atoms with Gasteiger partial charge in [0.1, 0.15) is 5.01 Å². The van der Waals surface area contributed by atoms with Gasteiger partial charge in [-0.3, -0.25) is 0 Å². The first-order valence-corrected chi connectivity index (χ1v) is 8.13. The summed E-state index contributed by atoms with van der Waals surface area (Å²) in [5.74, 6) is 0.828. The molecule has 0 radical (unpaired) electrons. The summed E-state index contributed by atoms with van der Waals surface area (Å²) in [6, 6.07) is 0.764. The van der Waals surface area contributed by atoms with E-state index in [1.807, 2.05) is 11.3 Å². The molecule has 18 heavy (non-hydrogen) atoms. The Labute approximate surface area is 114 Å². The molecule has 2 aliphatic rings. The predicted octanol–water partition coefficient (Wildman–Crippen LogP) is 3.92. The molecule has 0 saturated heterocycles. The number of nitrogens with zero attached hydrogens (tertiary/aromatic N) is 1. The number of rotatable bonds is 3. The third kappa shape index (κ3) is 2.35. The molecule has 2 saturated carbocycles. The van der Waals surface area contributed by atoms with Crippen molar-refractivity contribution in [1.82, 2.24) is 10.3 Å². The van der Waals surface area contributed by atoms with E-state index in [1.54, 1.807) is 0 Å². The zero-order chi connectivity index (χ0) is 12.8. The third-order valence-electron chi connectivity index (χ3n) is 4.49. The Morgan fingerprint density at radius 3 is 2.61 bits per heavy atom. The Balaban J connectivity index is 1.92. The van der Waals surface area contributed by atoms with Gasteiger partial charge >= 0.3 is 0 Å². The van der Waals surface area contributed by atoms with Crippen LogP contribution < -0.4 is 5.32 Å². The van der Waals surface area contributed by atoms with E-state index in [0.717, 1.165) is 12.0 Å². The molecule has 1 aromatic heterocycles. The fourth-order valence-corrected chi connectivity index (χ4v) is 4.34. The van der Waals surface area contributed by atoms with Crippen molar-refractivity contribution in [1.29, 1.82) is 0 Å². The summed E-state index contributed by atoms with van der Waals surface area (Å²) < 4.78 is 0. The van der Waals surface area contributed by atoms with Crippen LogP contribution in [-0.4, -0.2) is 11.0 Å². The van der Waals surface area contributed by atoms with E-state index < -0.39 is 0 Å². The molecule has 2 fully saturated rings. The number of hydrogen-bond donors (Lipinski definition) is 1. The molecule has 0 aromatic carbocycles. The van der Waals surface area contributed by atoms with Crippen LogP contribution in [-0.2, 0) is 5.54 Å². The summed E-state index contributed by atoms with van der Waals surface area (Å²) in [5.41, 5.74) is 1.42. The molecule has 2 nitrogen and oxygen atoms in total. The molecule has 0 bridgehead atoms. The smallest absolute Gasteiger partial charge is 0.113 e. The average molecular weight is 264 g/mol. The molecule has 0 amide bonds. The van der Waals surface area contributed by atoms with Crippen molar-refractivity contribution in [2.45, 2.75) is 70.9 Å². The minimum atomic E-state index is 0.197. The summed E-state index contributed by atoms with van der Waals surface area (Å²) in [5, 5.41) is 5.30. The lowest BCUT2D eigenvalue weighted by Gasteiger charge is -2.39. The molecule has 3 rings (SSSR count). The van der Waals surface area contributed by atoms with Crippen LogP contribution in [0.5, 0.6) is 0 Å². The second-order valence-electron chi connectivity index (χ2n) is 6.36. The Hall–Kier alpha value is -0.410. The molecule has 2 unspecified atom stereocenters. The number of nitrogens with one attached hydrogen (secondary N) is 1. The number of aryl methyl sites for hydroxylation is 2. The molecule has 1 aromatic rings. The topological polar surface area (TPSA) is 24.9 Å². The van der Waals surface area contributed by atoms with Gasteiger partial charge in [0.2, 0.25) is 0 Å². The normalized spacial score (nSPS) is 32.7. The van der Waals surface area contributed by atoms with Gasteiger partial charge in [-0.25, -0.2) is 4.98 Å². The van der Waals surface area contributed by atoms with E-state index in [0.29, 0.717) is 0 Å². The first kappa shape index (κ1) is 12.6. The van der Waals surface area contributed by atoms with Crippen LogP contribution in [0.25, 0.3) is 0 Å². The average Bonchev–Trinajstić information content (AvgIpc) is 3.05. The van der Waals surface area contributed by atoms with Crippen molar-refractivity contribution in [3.63, 3.8) is 0 Å². The van der Waals surface area contributed by atoms with Gasteiger partial charge < -0.3 is 5.32 Å². The molecule has 2 atom stereocenters. The lowest BCUT2D eigenvalue weighted by atomic mass is 9.76. The molecule has 1 N–H and O–H groups in total. The maximum atomic E-state index is 4.88. The summed E-state index contributed by atoms with van der Waals surface area (Å²) in [7, 11) is 0. The van der Waals surface area contributed by atoms with E-state index in [2.05, 4.69) is 26.1 Å². The van der Waals surface area contributed by atoms with Gasteiger partial charge in [0.15, 0.2) is 0 Å². The van der Waals surface area contributed by atoms with E-state index >= 15 is 0 Å². The molecular weight excluding hydrogens is 240 g/mol. The van der Waals surface area contributed by atoms with Crippen LogP contribution in [0.15, 0.2) is 0 Å². The zero-order valence-corrected chi connectivity index (χ0v) is 12.6. The molecular formula is C15H24N2S. The van der Waals surface area contributed by atoms with Gasteiger partial charge in [-0.1, -0.05) is 19.8 Å². The fourth-order valence-electron chi connectivity index (χ4n) is 3.23. The highest BCUT2D eigenvalue weighted by Gasteiger charge is 2.42. The van der Waals surface area contributed by atoms with E-state index in [9.17, 15) is 0 Å². The number of aromatic nitrogens is 1. The molecule has 3 heteroatoms. The first-order chi connectivity index (χ1) is 8.59. The lowest BCUT2D eigenvalue weighted by molar-refractivity contribution is 0.184. The largest absolute Gasteiger partial charge is 0.303 e. The van der Waals surface area contributed by atoms with Crippen molar-refractivity contribution < 1.29 is 0 Å². The molecule has 100 valence electrons. The molecule has 0 spiro atoms. The minimum absolute atomic E-state index is 0.197. The Morgan fingerprint density at radius 2 is 2.06 bits per heavy atom. The standard InChI is InChI=1S/C15H24N2S/c1-10-5-4-8-15(9-10,17-13-6-7-13)14-16-11(2)12(3)18-14/h10,13,17H,4-9H2,1-3H3. The van der Waals surface area contributed by atoms with Crippen LogP contribution in [0.4, 0.5) is 0 Å². The Bertz CT molecular complexity index is 412. The zero-order valence-electron chi connectivity index (χ0n) is 11.8. The van der Waals surface area contributed by atoms with Gasteiger partial charge in [-0.05, 0) is 45.4 Å². The molecule has 0 aliphatic heterocycles. The van der Waals surface area contributed by atoms with Gasteiger partial charge in [0, 0.05) is 10.9 Å². The summed E-state index contributed by atoms with van der Waals surface area (Å²) in [6.07, 6.45) is 8.01. The highest BCUT2D eigenvalue weighted by molar-refractivity contribution is 7.11. The Morgan fingerprint density at radius 1 is 1.28 bits per heavy atom. The predicted molar refractivity (Wildman–Crippen MR) is 77.1 cm³/mol. The second kappa shape index (κ2) is 4.61. The van der Waals surface area contributed by atoms with Crippen molar-refractivity contribution in [2.75, 3.05) is 0 Å². The minimum Gasteiger partial charge on any atom is -0.303 e. The Kier molecular flexibility index (Phi) is 3.23. The van der Waals surface area contributed by atoms with Crippen LogP contribution in [0.1, 0.15) is 61.0 Å². The van der Waals surface area contributed by atoms with Gasteiger partial charge in [0.05, 0.1) is 11.2 Å². The summed E-state index contributed by atoms with van der Waals surface area (Å²) >= 11 is 1.92. The van der Waals surface area contributed by atoms with Crippen molar-refractivity contribution in [2.24, 2.45) is 5.92 Å². The fraction of sp³-hybridized carbons (Fsp3) is 0.800. The van der Waals surface area contributed by atoms with E-state index in [1.165, 1.54) is 54.1 Å². The highest BCUT2D eigenvalue weighted by atomic mass is 32.1. The number of thiazole rings is 1. The van der Waals surface area contributed by atoms with Gasteiger partial charge in [-0.2, -0.15) is 0 Å². The SMILES string of the molecule is Cc1nc(C2(NC3CC3)CCCC(C)C2)sc1C. The van der Waals surface area contributed by atoms with E-state index in [4.69, 9.17) is 4.98 Å². The van der Waals surface area contributed by atoms with Crippen molar-refractivity contribution in [3.05, 3.63) is 15.6 Å². The van der Waals surface area contributed by atoms with Crippen molar-refractivity contribution in [3.8, 4) is 0 Å². The van der Waals surface area contributed by atoms with E-state index in [-0.39, 0.29) is 5.54 Å². The molecule has 1 heterocycles. The van der Waals surface area contributed by atoms with Crippen LogP contribution in [0.3, 0.4) is 0 Å². The van der Waals surface area contributed by atoms with Crippen LogP contribution in [0, 0.1) is 19.8 Å². The molecule has 2 aliphatic carbocycles. The second-order valence-corrected chi connectivity index (χ2v) is 7.57. The first-order valence-electron chi connectivity index (χ1n) is 7.31. The van der Waals surface area contributed by atoms with Crippen LogP contribution >= 0.6 is 11.3 Å².